The molecule has 13 aromatic rings. The molecule has 0 atom stereocenters. The summed E-state index contributed by atoms with van der Waals surface area (Å²) in [6, 6.07) is 73.2. The van der Waals surface area contributed by atoms with Gasteiger partial charge in [0, 0.05) is 60.4 Å². The van der Waals surface area contributed by atoms with Gasteiger partial charge in [0.25, 0.3) is 0 Å². The lowest BCUT2D eigenvalue weighted by atomic mass is 9.96. The Morgan fingerprint density at radius 3 is 1.37 bits per heavy atom. The van der Waals surface area contributed by atoms with E-state index in [4.69, 9.17) is 9.97 Å². The van der Waals surface area contributed by atoms with Crippen molar-refractivity contribution in [2.75, 3.05) is 4.90 Å². The third-order valence-corrected chi connectivity index (χ3v) is 14.7. The van der Waals surface area contributed by atoms with Crippen molar-refractivity contribution in [1.29, 1.82) is 0 Å². The van der Waals surface area contributed by atoms with E-state index < -0.39 is 0 Å². The highest BCUT2D eigenvalue weighted by atomic mass is 32.1. The molecule has 9 aromatic carbocycles. The summed E-state index contributed by atoms with van der Waals surface area (Å²) >= 11 is 3.51. The number of hydrogen-bond acceptors (Lipinski definition) is 5. The maximum absolute atomic E-state index is 4.77. The van der Waals surface area contributed by atoms with Crippen molar-refractivity contribution >= 4 is 113 Å². The zero-order chi connectivity index (χ0) is 41.4. The highest BCUT2D eigenvalue weighted by Crippen LogP contribution is 2.44. The number of pyridine rings is 2. The van der Waals surface area contributed by atoms with Gasteiger partial charge in [0.1, 0.15) is 9.66 Å². The van der Waals surface area contributed by atoms with Crippen LogP contribution in [-0.4, -0.2) is 9.97 Å². The minimum atomic E-state index is 1.06. The fourth-order valence-electron chi connectivity index (χ4n) is 9.55. The molecule has 0 amide bonds. The molecule has 0 N–H and O–H groups in total. The topological polar surface area (TPSA) is 29.0 Å². The van der Waals surface area contributed by atoms with E-state index in [1.807, 2.05) is 12.4 Å². The number of thiophene rings is 2. The minimum absolute atomic E-state index is 1.06. The molecule has 0 saturated heterocycles. The van der Waals surface area contributed by atoms with E-state index in [1.165, 1.54) is 96.6 Å². The molecule has 0 bridgehead atoms. The van der Waals surface area contributed by atoms with E-state index in [2.05, 4.69) is 205 Å². The van der Waals surface area contributed by atoms with E-state index in [-0.39, 0.29) is 0 Å². The zero-order valence-corrected chi connectivity index (χ0v) is 35.5. The molecule has 0 spiro atoms. The normalized spacial score (nSPS) is 11.8. The van der Waals surface area contributed by atoms with Gasteiger partial charge in [-0.1, -0.05) is 127 Å². The average molecular weight is 838 g/mol. The van der Waals surface area contributed by atoms with E-state index in [0.717, 1.165) is 26.7 Å². The molecule has 294 valence electrons. The lowest BCUT2D eigenvalue weighted by molar-refractivity contribution is 1.29. The second-order valence-corrected chi connectivity index (χ2v) is 18.2. The molecular formula is C58H35N3S2. The molecule has 0 fully saturated rings. The van der Waals surface area contributed by atoms with E-state index in [0.29, 0.717) is 0 Å². The lowest BCUT2D eigenvalue weighted by Gasteiger charge is -2.26. The van der Waals surface area contributed by atoms with Crippen LogP contribution in [0, 0.1) is 0 Å². The van der Waals surface area contributed by atoms with Crippen molar-refractivity contribution in [1.82, 2.24) is 9.97 Å². The Morgan fingerprint density at radius 1 is 0.317 bits per heavy atom. The van der Waals surface area contributed by atoms with Gasteiger partial charge in [0.2, 0.25) is 0 Å². The average Bonchev–Trinajstić information content (AvgIpc) is 3.93. The molecule has 63 heavy (non-hydrogen) atoms. The van der Waals surface area contributed by atoms with Gasteiger partial charge < -0.3 is 4.90 Å². The van der Waals surface area contributed by atoms with Gasteiger partial charge in [0.15, 0.2) is 0 Å². The number of hydrogen-bond donors (Lipinski definition) is 0. The summed E-state index contributed by atoms with van der Waals surface area (Å²) in [5, 5.41) is 12.4. The lowest BCUT2D eigenvalue weighted by Crippen LogP contribution is -2.09. The Morgan fingerprint density at radius 2 is 0.762 bits per heavy atom. The fraction of sp³-hybridized carbons (Fsp3) is 0. The van der Waals surface area contributed by atoms with Crippen molar-refractivity contribution in [2.45, 2.75) is 0 Å². The summed E-state index contributed by atoms with van der Waals surface area (Å²) in [4.78, 5) is 14.0. The highest BCUT2D eigenvalue weighted by Gasteiger charge is 2.18. The standard InChI is InChI=1S/C58H35N3S2/c1-2-8-39-33-40(14-13-36(39)7-1)41-21-27-47-42(34-41)15-16-43-35-46(26-28-48(43)47)61(44-22-17-37(18-23-44)49-29-31-59-57-55(49)51-9-3-5-11-53(51)62-57)45-24-19-38(20-25-45)50-30-32-60-58-56(50)52-10-4-6-12-54(52)63-58/h1-35H. The molecule has 4 heterocycles. The van der Waals surface area contributed by atoms with Crippen LogP contribution in [0.15, 0.2) is 213 Å². The van der Waals surface area contributed by atoms with E-state index in [9.17, 15) is 0 Å². The molecule has 0 aliphatic heterocycles. The molecule has 4 aromatic heterocycles. The van der Waals surface area contributed by atoms with Crippen molar-refractivity contribution < 1.29 is 0 Å². The van der Waals surface area contributed by atoms with E-state index in [1.54, 1.807) is 22.7 Å². The van der Waals surface area contributed by atoms with Gasteiger partial charge in [-0.05, 0) is 138 Å². The van der Waals surface area contributed by atoms with Crippen LogP contribution in [0.25, 0.3) is 106 Å². The SMILES string of the molecule is c1ccc2cc(-c3ccc4c(ccc5cc(N(c6ccc(-c7ccnc8sc9ccccc9c78)cc6)c6ccc(-c7ccnc8sc9ccccc9c78)cc6)ccc54)c3)ccc2c1. The molecule has 13 rings (SSSR count). The maximum atomic E-state index is 4.77. The molecule has 0 aliphatic carbocycles. The van der Waals surface area contributed by atoms with Crippen molar-refractivity contribution in [2.24, 2.45) is 0 Å². The third-order valence-electron chi connectivity index (χ3n) is 12.6. The van der Waals surface area contributed by atoms with Gasteiger partial charge in [-0.25, -0.2) is 9.97 Å². The largest absolute Gasteiger partial charge is 0.310 e. The first-order valence-electron chi connectivity index (χ1n) is 21.2. The monoisotopic (exact) mass is 837 g/mol. The quantitative estimate of drug-likeness (QED) is 0.156. The van der Waals surface area contributed by atoms with Crippen LogP contribution in [0.4, 0.5) is 17.1 Å². The summed E-state index contributed by atoms with van der Waals surface area (Å²) in [7, 11) is 0. The van der Waals surface area contributed by atoms with Crippen molar-refractivity contribution in [3.63, 3.8) is 0 Å². The molecule has 5 heteroatoms. The summed E-state index contributed by atoms with van der Waals surface area (Å²) < 4.78 is 2.51. The van der Waals surface area contributed by atoms with Crippen molar-refractivity contribution in [3.05, 3.63) is 213 Å². The summed E-state index contributed by atoms with van der Waals surface area (Å²) in [6.45, 7) is 0. The predicted octanol–water partition coefficient (Wildman–Crippen LogP) is 17.1. The molecule has 0 unspecified atom stereocenters. The van der Waals surface area contributed by atoms with E-state index >= 15 is 0 Å². The number of anilines is 3. The Labute approximate surface area is 371 Å². The Bertz CT molecular complexity index is 3760. The minimum Gasteiger partial charge on any atom is -0.310 e. The van der Waals surface area contributed by atoms with Gasteiger partial charge in [-0.2, -0.15) is 0 Å². The van der Waals surface area contributed by atoms with Crippen LogP contribution in [0.2, 0.25) is 0 Å². The number of fused-ring (bicyclic) bond motifs is 10. The number of aromatic nitrogens is 2. The van der Waals surface area contributed by atoms with Crippen LogP contribution in [0.5, 0.6) is 0 Å². The zero-order valence-electron chi connectivity index (χ0n) is 33.9. The van der Waals surface area contributed by atoms with Gasteiger partial charge in [0.05, 0.1) is 0 Å². The molecule has 0 saturated carbocycles. The number of nitrogens with zero attached hydrogens (tertiary/aromatic N) is 3. The second kappa shape index (κ2) is 14.5. The summed E-state index contributed by atoms with van der Waals surface area (Å²) in [5.74, 6) is 0. The van der Waals surface area contributed by atoms with Crippen LogP contribution in [0.1, 0.15) is 0 Å². The summed E-state index contributed by atoms with van der Waals surface area (Å²) in [6.07, 6.45) is 3.88. The van der Waals surface area contributed by atoms with Gasteiger partial charge >= 0.3 is 0 Å². The Balaban J connectivity index is 0.919. The van der Waals surface area contributed by atoms with Gasteiger partial charge in [-0.3, -0.25) is 0 Å². The molecule has 0 aliphatic rings. The van der Waals surface area contributed by atoms with Crippen LogP contribution < -0.4 is 4.90 Å². The first-order valence-corrected chi connectivity index (χ1v) is 22.8. The van der Waals surface area contributed by atoms with Gasteiger partial charge in [-0.15, -0.1) is 22.7 Å². The van der Waals surface area contributed by atoms with Crippen LogP contribution in [0.3, 0.4) is 0 Å². The first kappa shape index (κ1) is 36.0. The Kier molecular flexibility index (Phi) is 8.26. The fourth-order valence-corrected chi connectivity index (χ4v) is 11.7. The van der Waals surface area contributed by atoms with Crippen LogP contribution in [-0.2, 0) is 0 Å². The highest BCUT2D eigenvalue weighted by molar-refractivity contribution is 7.26. The maximum Gasteiger partial charge on any atom is 0.125 e. The number of benzene rings is 9. The third kappa shape index (κ3) is 6.00. The second-order valence-electron chi connectivity index (χ2n) is 16.2. The van der Waals surface area contributed by atoms with Crippen LogP contribution >= 0.6 is 22.7 Å². The van der Waals surface area contributed by atoms with Crippen molar-refractivity contribution in [3.8, 4) is 33.4 Å². The summed E-state index contributed by atoms with van der Waals surface area (Å²) in [5.41, 5.74) is 10.5. The Hall–Kier alpha value is -7.70. The first-order chi connectivity index (χ1) is 31.2. The number of rotatable bonds is 6. The smallest absolute Gasteiger partial charge is 0.125 e. The molecule has 3 nitrogen and oxygen atoms in total. The molecular weight excluding hydrogens is 803 g/mol. The molecule has 0 radical (unpaired) electrons. The predicted molar refractivity (Wildman–Crippen MR) is 271 cm³/mol.